The average molecular weight is 260 g/mol. The zero-order valence-electron chi connectivity index (χ0n) is 12.5. The lowest BCUT2D eigenvalue weighted by Gasteiger charge is -2.62. The van der Waals surface area contributed by atoms with E-state index in [-0.39, 0.29) is 22.5 Å². The maximum absolute atomic E-state index is 13.0. The van der Waals surface area contributed by atoms with Crippen molar-refractivity contribution in [3.8, 4) is 0 Å². The van der Waals surface area contributed by atoms with Gasteiger partial charge >= 0.3 is 0 Å². The minimum Gasteiger partial charge on any atom is -0.505 e. The van der Waals surface area contributed by atoms with Crippen LogP contribution in [-0.4, -0.2) is 12.9 Å². The van der Waals surface area contributed by atoms with E-state index < -0.39 is 5.41 Å². The molecule has 2 nitrogen and oxygen atoms in total. The summed E-state index contributed by atoms with van der Waals surface area (Å²) in [6.07, 6.45) is 7.18. The van der Waals surface area contributed by atoms with Crippen molar-refractivity contribution in [2.75, 3.05) is 7.11 Å². The predicted octanol–water partition coefficient (Wildman–Crippen LogP) is 3.90. The number of hydrogen-bond donors (Lipinski definition) is 0. The van der Waals surface area contributed by atoms with Gasteiger partial charge in [-0.25, -0.2) is 0 Å². The molecule has 0 spiro atoms. The summed E-state index contributed by atoms with van der Waals surface area (Å²) in [5.41, 5.74) is 0.103. The van der Waals surface area contributed by atoms with E-state index in [1.54, 1.807) is 19.4 Å². The zero-order chi connectivity index (χ0) is 14.5. The number of fused-ring (bicyclic) bond motifs is 3. The van der Waals surface area contributed by atoms with Gasteiger partial charge in [0.25, 0.3) is 0 Å². The van der Waals surface area contributed by atoms with Crippen LogP contribution in [0.5, 0.6) is 0 Å². The topological polar surface area (TPSA) is 26.3 Å². The number of carbonyl (C=O) groups excluding carboxylic acids is 1. The number of methoxy groups -OCH3 is 1. The molecule has 0 aromatic rings. The molecule has 104 valence electrons. The highest BCUT2D eigenvalue weighted by Crippen LogP contribution is 2.67. The van der Waals surface area contributed by atoms with E-state index in [1.165, 1.54) is 0 Å². The van der Waals surface area contributed by atoms with Crippen molar-refractivity contribution in [2.24, 2.45) is 22.2 Å². The summed E-state index contributed by atoms with van der Waals surface area (Å²) in [5.74, 6) is 0.295. The van der Waals surface area contributed by atoms with Gasteiger partial charge in [0, 0.05) is 11.3 Å². The van der Waals surface area contributed by atoms with Gasteiger partial charge in [-0.1, -0.05) is 39.0 Å². The summed E-state index contributed by atoms with van der Waals surface area (Å²) in [4.78, 5) is 13.0. The molecule has 2 heteroatoms. The SMILES string of the molecule is C=CC1(/C=C\OC)C(=O)C2CCC1(C)C(=C)C2(C)C. The van der Waals surface area contributed by atoms with Crippen LogP contribution in [0.1, 0.15) is 33.6 Å². The highest BCUT2D eigenvalue weighted by Gasteiger charge is 2.65. The van der Waals surface area contributed by atoms with E-state index in [2.05, 4.69) is 33.9 Å². The Balaban J connectivity index is 2.65. The number of hydrogen-bond acceptors (Lipinski definition) is 2. The van der Waals surface area contributed by atoms with E-state index >= 15 is 0 Å². The van der Waals surface area contributed by atoms with Crippen LogP contribution in [0.15, 0.2) is 37.1 Å². The smallest absolute Gasteiger partial charge is 0.151 e. The summed E-state index contributed by atoms with van der Waals surface area (Å²) < 4.78 is 5.05. The second kappa shape index (κ2) is 4.09. The third-order valence-corrected chi connectivity index (χ3v) is 5.67. The molecule has 3 aliphatic carbocycles. The van der Waals surface area contributed by atoms with Gasteiger partial charge in [0.05, 0.1) is 18.8 Å². The van der Waals surface area contributed by atoms with Crippen LogP contribution in [0.2, 0.25) is 0 Å². The summed E-state index contributed by atoms with van der Waals surface area (Å²) in [6.45, 7) is 14.7. The molecule has 0 aliphatic heterocycles. The van der Waals surface area contributed by atoms with E-state index in [4.69, 9.17) is 4.74 Å². The van der Waals surface area contributed by atoms with Gasteiger partial charge in [0.1, 0.15) is 0 Å². The van der Waals surface area contributed by atoms with Crippen molar-refractivity contribution in [3.05, 3.63) is 37.1 Å². The molecule has 3 rings (SSSR count). The van der Waals surface area contributed by atoms with Gasteiger partial charge in [-0.2, -0.15) is 0 Å². The molecular weight excluding hydrogens is 236 g/mol. The molecule has 0 aromatic heterocycles. The molecule has 3 fully saturated rings. The first-order chi connectivity index (χ1) is 8.78. The maximum atomic E-state index is 13.0. The molecule has 3 aliphatic rings. The number of ketones is 1. The van der Waals surface area contributed by atoms with Crippen LogP contribution in [0.25, 0.3) is 0 Å². The number of ether oxygens (including phenoxy) is 1. The monoisotopic (exact) mass is 260 g/mol. The zero-order valence-corrected chi connectivity index (χ0v) is 12.5. The molecule has 3 unspecified atom stereocenters. The fraction of sp³-hybridized carbons (Fsp3) is 0.588. The first kappa shape index (κ1) is 14.1. The number of Topliss-reactive ketones (excluding diaryl/α,β-unsaturated/α-hetero) is 1. The Kier molecular flexibility index (Phi) is 3.04. The molecule has 3 atom stereocenters. The largest absolute Gasteiger partial charge is 0.505 e. The van der Waals surface area contributed by atoms with Crippen LogP contribution in [0.3, 0.4) is 0 Å². The number of rotatable bonds is 3. The minimum atomic E-state index is -0.668. The summed E-state index contributed by atoms with van der Waals surface area (Å²) >= 11 is 0. The molecule has 0 saturated heterocycles. The lowest BCUT2D eigenvalue weighted by molar-refractivity contribution is -0.148. The van der Waals surface area contributed by atoms with Crippen molar-refractivity contribution < 1.29 is 9.53 Å². The number of carbonyl (C=O) groups is 1. The average Bonchev–Trinajstić information content (AvgIpc) is 2.36. The molecule has 0 aromatic carbocycles. The molecule has 2 bridgehead atoms. The van der Waals surface area contributed by atoms with Crippen molar-refractivity contribution in [1.82, 2.24) is 0 Å². The van der Waals surface area contributed by atoms with Crippen LogP contribution < -0.4 is 0 Å². The maximum Gasteiger partial charge on any atom is 0.151 e. The van der Waals surface area contributed by atoms with Gasteiger partial charge in [-0.3, -0.25) is 4.79 Å². The highest BCUT2D eigenvalue weighted by molar-refractivity contribution is 5.95. The molecule has 0 heterocycles. The first-order valence-corrected chi connectivity index (χ1v) is 6.86. The van der Waals surface area contributed by atoms with E-state index in [1.807, 2.05) is 6.08 Å². The van der Waals surface area contributed by atoms with Gasteiger partial charge in [0.15, 0.2) is 5.78 Å². The van der Waals surface area contributed by atoms with E-state index in [0.29, 0.717) is 0 Å². The predicted molar refractivity (Wildman–Crippen MR) is 77.5 cm³/mol. The van der Waals surface area contributed by atoms with Crippen molar-refractivity contribution >= 4 is 5.78 Å². The van der Waals surface area contributed by atoms with Crippen LogP contribution >= 0.6 is 0 Å². The molecule has 19 heavy (non-hydrogen) atoms. The lowest BCUT2D eigenvalue weighted by Crippen LogP contribution is -2.61. The molecule has 0 amide bonds. The van der Waals surface area contributed by atoms with E-state index in [9.17, 15) is 4.79 Å². The molecule has 0 radical (unpaired) electrons. The quantitative estimate of drug-likeness (QED) is 0.568. The Bertz CT molecular complexity index is 472. The Labute approximate surface area is 116 Å². The van der Waals surface area contributed by atoms with Crippen LogP contribution in [-0.2, 0) is 9.53 Å². The molecule has 3 saturated carbocycles. The van der Waals surface area contributed by atoms with Crippen molar-refractivity contribution in [2.45, 2.75) is 33.6 Å². The van der Waals surface area contributed by atoms with Crippen molar-refractivity contribution in [3.63, 3.8) is 0 Å². The van der Waals surface area contributed by atoms with Crippen LogP contribution in [0.4, 0.5) is 0 Å². The fourth-order valence-corrected chi connectivity index (χ4v) is 4.18. The summed E-state index contributed by atoms with van der Waals surface area (Å²) in [7, 11) is 1.60. The first-order valence-electron chi connectivity index (χ1n) is 6.86. The molecule has 0 N–H and O–H groups in total. The Morgan fingerprint density at radius 1 is 1.37 bits per heavy atom. The number of allylic oxidation sites excluding steroid dienone is 3. The molecular formula is C17H24O2. The summed E-state index contributed by atoms with van der Waals surface area (Å²) in [6, 6.07) is 0. The summed E-state index contributed by atoms with van der Waals surface area (Å²) in [5, 5.41) is 0. The lowest BCUT2D eigenvalue weighted by atomic mass is 9.39. The third-order valence-electron chi connectivity index (χ3n) is 5.67. The normalized spacial score (nSPS) is 40.7. The third kappa shape index (κ3) is 1.46. The van der Waals surface area contributed by atoms with Crippen LogP contribution in [0, 0.1) is 22.2 Å². The van der Waals surface area contributed by atoms with Gasteiger partial charge < -0.3 is 4.74 Å². The van der Waals surface area contributed by atoms with Gasteiger partial charge in [-0.05, 0) is 24.3 Å². The van der Waals surface area contributed by atoms with Crippen molar-refractivity contribution in [1.29, 1.82) is 0 Å². The highest BCUT2D eigenvalue weighted by atomic mass is 16.5. The fourth-order valence-electron chi connectivity index (χ4n) is 4.18. The minimum absolute atomic E-state index is 0.0290. The Morgan fingerprint density at radius 3 is 2.53 bits per heavy atom. The second-order valence-electron chi connectivity index (χ2n) is 6.60. The van der Waals surface area contributed by atoms with Gasteiger partial charge in [-0.15, -0.1) is 6.58 Å². The van der Waals surface area contributed by atoms with Gasteiger partial charge in [0.2, 0.25) is 0 Å². The Morgan fingerprint density at radius 2 is 2.00 bits per heavy atom. The standard InChI is InChI=1S/C17H24O2/c1-7-17(10-11-19-6)14(18)13-8-9-16(17,5)12(2)15(13,3)4/h7,10-11,13H,1-2,8-9H2,3-6H3/b11-10-. The second-order valence-corrected chi connectivity index (χ2v) is 6.60. The Hall–Kier alpha value is -1.31. The van der Waals surface area contributed by atoms with E-state index in [0.717, 1.165) is 18.4 Å².